The molecule has 1 aliphatic heterocycles. The smallest absolute Gasteiger partial charge is 0.387 e. The summed E-state index contributed by atoms with van der Waals surface area (Å²) in [6.07, 6.45) is 8.22. The number of aromatic nitrogens is 1. The van der Waals surface area contributed by atoms with Gasteiger partial charge in [0, 0.05) is 30.7 Å². The summed E-state index contributed by atoms with van der Waals surface area (Å²) in [6.45, 7) is 2.06. The first-order valence-electron chi connectivity index (χ1n) is 11.3. The minimum absolute atomic E-state index is 0.146. The Bertz CT molecular complexity index is 853. The second kappa shape index (κ2) is 9.90. The number of hydrogen-bond acceptors (Lipinski definition) is 4. The highest BCUT2D eigenvalue weighted by atomic mass is 32.1. The molecule has 170 valence electrons. The first kappa shape index (κ1) is 22.6. The molecule has 2 fully saturated rings. The van der Waals surface area contributed by atoms with Crippen molar-refractivity contribution in [1.29, 1.82) is 0 Å². The topological polar surface area (TPSA) is 25.4 Å². The zero-order valence-corrected chi connectivity index (χ0v) is 18.9. The van der Waals surface area contributed by atoms with Crippen LogP contribution in [0.2, 0.25) is 0 Å². The summed E-state index contributed by atoms with van der Waals surface area (Å²) >= 11 is 1.51. The Morgan fingerprint density at radius 2 is 1.94 bits per heavy atom. The number of alkyl halides is 3. The van der Waals surface area contributed by atoms with Crippen LogP contribution in [0.15, 0.2) is 30.5 Å². The molecule has 1 aliphatic carbocycles. The van der Waals surface area contributed by atoms with E-state index in [1.165, 1.54) is 11.3 Å². The maximum atomic E-state index is 15.1. The minimum atomic E-state index is -2.87. The van der Waals surface area contributed by atoms with E-state index in [4.69, 9.17) is 0 Å². The third-order valence-corrected chi connectivity index (χ3v) is 7.71. The van der Waals surface area contributed by atoms with Crippen LogP contribution in [0.5, 0.6) is 5.75 Å². The Hall–Kier alpha value is -1.60. The van der Waals surface area contributed by atoms with Crippen LogP contribution in [0.3, 0.4) is 0 Å². The average Bonchev–Trinajstić information content (AvgIpc) is 3.37. The van der Waals surface area contributed by atoms with Crippen LogP contribution < -0.4 is 4.74 Å². The predicted octanol–water partition coefficient (Wildman–Crippen LogP) is 6.93. The van der Waals surface area contributed by atoms with Gasteiger partial charge in [-0.1, -0.05) is 38.3 Å². The fourth-order valence-corrected chi connectivity index (χ4v) is 6.28. The van der Waals surface area contributed by atoms with Crippen molar-refractivity contribution in [3.05, 3.63) is 35.3 Å². The molecule has 2 unspecified atom stereocenters. The molecule has 1 aromatic heterocycles. The normalized spacial score (nSPS) is 24.0. The molecule has 31 heavy (non-hydrogen) atoms. The maximum absolute atomic E-state index is 15.1. The third-order valence-electron chi connectivity index (χ3n) is 6.70. The molecule has 7 heteroatoms. The zero-order chi connectivity index (χ0) is 21.8. The summed E-state index contributed by atoms with van der Waals surface area (Å²) in [5.74, 6) is 1.14. The van der Waals surface area contributed by atoms with Gasteiger partial charge in [-0.3, -0.25) is 4.90 Å². The molecular formula is C24H31F3N2OS. The van der Waals surface area contributed by atoms with Gasteiger partial charge in [-0.15, -0.1) is 11.3 Å². The first-order valence-corrected chi connectivity index (χ1v) is 12.2. The van der Waals surface area contributed by atoms with Crippen molar-refractivity contribution in [2.75, 3.05) is 13.1 Å². The fraction of sp³-hybridized carbons (Fsp3) is 0.625. The van der Waals surface area contributed by atoms with Gasteiger partial charge in [0.1, 0.15) is 16.4 Å². The summed E-state index contributed by atoms with van der Waals surface area (Å²) in [5.41, 5.74) is -0.375. The van der Waals surface area contributed by atoms with Gasteiger partial charge in [-0.05, 0) is 49.7 Å². The Kier molecular flexibility index (Phi) is 7.22. The molecule has 2 aromatic rings. The zero-order valence-electron chi connectivity index (χ0n) is 18.0. The van der Waals surface area contributed by atoms with Crippen LogP contribution >= 0.6 is 11.3 Å². The van der Waals surface area contributed by atoms with Gasteiger partial charge >= 0.3 is 6.61 Å². The Morgan fingerprint density at radius 1 is 1.19 bits per heavy atom. The second-order valence-electron chi connectivity index (χ2n) is 9.14. The molecule has 1 saturated heterocycles. The Labute approximate surface area is 186 Å². The van der Waals surface area contributed by atoms with E-state index in [0.717, 1.165) is 63.0 Å². The van der Waals surface area contributed by atoms with Gasteiger partial charge in [-0.25, -0.2) is 9.37 Å². The monoisotopic (exact) mass is 452 g/mol. The van der Waals surface area contributed by atoms with Gasteiger partial charge in [-0.2, -0.15) is 8.78 Å². The van der Waals surface area contributed by atoms with E-state index in [0.29, 0.717) is 28.8 Å². The molecule has 1 aromatic carbocycles. The molecule has 0 bridgehead atoms. The van der Waals surface area contributed by atoms with Crippen molar-refractivity contribution in [2.45, 2.75) is 70.7 Å². The van der Waals surface area contributed by atoms with E-state index in [1.54, 1.807) is 24.3 Å². The lowest BCUT2D eigenvalue weighted by Gasteiger charge is -2.39. The lowest BCUT2D eigenvalue weighted by Crippen LogP contribution is -2.41. The van der Waals surface area contributed by atoms with Crippen LogP contribution in [-0.2, 0) is 6.54 Å². The number of piperidine rings is 1. The Morgan fingerprint density at radius 3 is 2.68 bits per heavy atom. The van der Waals surface area contributed by atoms with E-state index in [-0.39, 0.29) is 5.75 Å². The van der Waals surface area contributed by atoms with Gasteiger partial charge < -0.3 is 4.74 Å². The van der Waals surface area contributed by atoms with Crippen LogP contribution in [-0.4, -0.2) is 35.3 Å². The average molecular weight is 453 g/mol. The van der Waals surface area contributed by atoms with Crippen molar-refractivity contribution >= 4 is 11.3 Å². The summed E-state index contributed by atoms with van der Waals surface area (Å²) in [4.78, 5) is 8.00. The number of thiazole rings is 1. The molecule has 0 N–H and O–H groups in total. The highest BCUT2D eigenvalue weighted by molar-refractivity contribution is 7.15. The van der Waals surface area contributed by atoms with Crippen molar-refractivity contribution < 1.29 is 17.9 Å². The van der Waals surface area contributed by atoms with Crippen molar-refractivity contribution in [2.24, 2.45) is 11.8 Å². The number of benzene rings is 1. The van der Waals surface area contributed by atoms with E-state index in [1.807, 2.05) is 6.20 Å². The number of para-hydroxylation sites is 1. The van der Waals surface area contributed by atoms with Crippen LogP contribution in [0.1, 0.15) is 56.7 Å². The first-order chi connectivity index (χ1) is 14.9. The maximum Gasteiger partial charge on any atom is 0.387 e. The minimum Gasteiger partial charge on any atom is -0.434 e. The van der Waals surface area contributed by atoms with E-state index in [9.17, 15) is 8.78 Å². The van der Waals surface area contributed by atoms with Crippen LogP contribution in [0.25, 0.3) is 10.6 Å². The predicted molar refractivity (Wildman–Crippen MR) is 118 cm³/mol. The van der Waals surface area contributed by atoms with Gasteiger partial charge in [0.05, 0.1) is 5.56 Å². The largest absolute Gasteiger partial charge is 0.434 e. The molecule has 1 saturated carbocycles. The summed E-state index contributed by atoms with van der Waals surface area (Å²) < 4.78 is 45.2. The quantitative estimate of drug-likeness (QED) is 0.434. The van der Waals surface area contributed by atoms with Crippen molar-refractivity contribution in [3.63, 3.8) is 0 Å². The molecule has 4 rings (SSSR count). The fourth-order valence-electron chi connectivity index (χ4n) is 5.30. The number of nitrogens with zero attached hydrogens (tertiary/aromatic N) is 2. The van der Waals surface area contributed by atoms with Gasteiger partial charge in [0.15, 0.2) is 0 Å². The molecule has 0 amide bonds. The second-order valence-corrected chi connectivity index (χ2v) is 10.3. The van der Waals surface area contributed by atoms with Gasteiger partial charge in [0.25, 0.3) is 0 Å². The van der Waals surface area contributed by atoms with Crippen LogP contribution in [0, 0.1) is 11.8 Å². The molecule has 2 heterocycles. The highest BCUT2D eigenvalue weighted by Gasteiger charge is 2.38. The SMILES string of the molecule is CCC1CC(CC2(F)CCCC2)CN(Cc2cnc(-c3ccccc3OC(F)F)s2)C1. The Balaban J connectivity index is 1.44. The molecule has 0 radical (unpaired) electrons. The molecule has 0 spiro atoms. The van der Waals surface area contributed by atoms with Crippen molar-refractivity contribution in [1.82, 2.24) is 9.88 Å². The van der Waals surface area contributed by atoms with E-state index in [2.05, 4.69) is 21.5 Å². The number of hydrogen-bond donors (Lipinski definition) is 0. The number of rotatable bonds is 8. The number of ether oxygens (including phenoxy) is 1. The molecular weight excluding hydrogens is 421 g/mol. The van der Waals surface area contributed by atoms with Crippen molar-refractivity contribution in [3.8, 4) is 16.3 Å². The number of likely N-dealkylation sites (tertiary alicyclic amines) is 1. The number of halogens is 3. The van der Waals surface area contributed by atoms with Gasteiger partial charge in [0.2, 0.25) is 0 Å². The third kappa shape index (κ3) is 5.80. The summed E-state index contributed by atoms with van der Waals surface area (Å²) in [7, 11) is 0. The van der Waals surface area contributed by atoms with Crippen LogP contribution in [0.4, 0.5) is 13.2 Å². The molecule has 2 atom stereocenters. The lowest BCUT2D eigenvalue weighted by molar-refractivity contribution is -0.0494. The van der Waals surface area contributed by atoms with E-state index >= 15 is 4.39 Å². The lowest BCUT2D eigenvalue weighted by atomic mass is 9.80. The highest BCUT2D eigenvalue weighted by Crippen LogP contribution is 2.42. The van der Waals surface area contributed by atoms with E-state index < -0.39 is 12.3 Å². The molecule has 3 nitrogen and oxygen atoms in total. The summed E-state index contributed by atoms with van der Waals surface area (Å²) in [5, 5.41) is 0.681. The summed E-state index contributed by atoms with van der Waals surface area (Å²) in [6, 6.07) is 6.77. The standard InChI is InChI=1S/C24H31F3N2OS/c1-2-17-11-18(12-24(27)9-5-6-10-24)15-29(14-17)16-19-13-28-22(31-19)20-7-3-4-8-21(20)30-23(25)26/h3-4,7-8,13,17-18,23H,2,5-6,9-12,14-16H2,1H3. The molecule has 2 aliphatic rings.